The third-order valence-electron chi connectivity index (χ3n) is 3.79. The van der Waals surface area contributed by atoms with Gasteiger partial charge in [0.05, 0.1) is 17.3 Å². The van der Waals surface area contributed by atoms with Crippen molar-refractivity contribution in [3.63, 3.8) is 0 Å². The molecular formula is C18H16N6. The van der Waals surface area contributed by atoms with Crippen LogP contribution < -0.4 is 11.1 Å². The highest BCUT2D eigenvalue weighted by Crippen LogP contribution is 2.25. The second-order valence-electron chi connectivity index (χ2n) is 5.60. The van der Waals surface area contributed by atoms with Crippen LogP contribution in [0.25, 0.3) is 16.7 Å². The van der Waals surface area contributed by atoms with Gasteiger partial charge in [0, 0.05) is 11.4 Å². The first-order valence-electron chi connectivity index (χ1n) is 7.59. The number of benzene rings is 2. The molecular weight excluding hydrogens is 300 g/mol. The molecule has 0 unspecified atom stereocenters. The second-order valence-corrected chi connectivity index (χ2v) is 5.60. The number of fused-ring (bicyclic) bond motifs is 1. The molecule has 6 heteroatoms. The molecule has 0 aliphatic rings. The number of aromatic nitrogens is 4. The Bertz CT molecular complexity index is 1000. The van der Waals surface area contributed by atoms with Crippen molar-refractivity contribution in [2.75, 3.05) is 11.1 Å². The van der Waals surface area contributed by atoms with E-state index in [9.17, 15) is 0 Å². The monoisotopic (exact) mass is 316 g/mol. The molecule has 2 aromatic carbocycles. The zero-order chi connectivity index (χ0) is 16.5. The van der Waals surface area contributed by atoms with Crippen molar-refractivity contribution >= 4 is 28.2 Å². The van der Waals surface area contributed by atoms with Crippen LogP contribution in [0, 0.1) is 6.92 Å². The number of aryl methyl sites for hydroxylation is 1. The van der Waals surface area contributed by atoms with E-state index in [-0.39, 0.29) is 0 Å². The molecule has 2 heterocycles. The lowest BCUT2D eigenvalue weighted by molar-refractivity contribution is 0.894. The minimum Gasteiger partial charge on any atom is -0.399 e. The van der Waals surface area contributed by atoms with Gasteiger partial charge in [0.1, 0.15) is 12.1 Å². The number of nitrogen functional groups attached to an aromatic ring is 1. The first-order valence-corrected chi connectivity index (χ1v) is 7.59. The Morgan fingerprint density at radius 2 is 1.88 bits per heavy atom. The van der Waals surface area contributed by atoms with Crippen molar-refractivity contribution in [3.8, 4) is 5.69 Å². The van der Waals surface area contributed by atoms with Crippen LogP contribution in [-0.4, -0.2) is 19.7 Å². The standard InChI is InChI=1S/C18H16N6/c1-12-5-7-15(8-6-12)24-18-16(10-22-24)17(20-11-21-18)23-14-4-2-3-13(19)9-14/h2-11H,19H2,1H3,(H,20,21,23). The van der Waals surface area contributed by atoms with Gasteiger partial charge < -0.3 is 11.1 Å². The van der Waals surface area contributed by atoms with Crippen molar-refractivity contribution in [2.45, 2.75) is 6.92 Å². The molecule has 0 saturated carbocycles. The number of hydrogen-bond acceptors (Lipinski definition) is 5. The average Bonchev–Trinajstić information content (AvgIpc) is 3.01. The Balaban J connectivity index is 1.77. The first-order chi connectivity index (χ1) is 11.7. The molecule has 4 rings (SSSR count). The van der Waals surface area contributed by atoms with Gasteiger partial charge in [-0.25, -0.2) is 14.6 Å². The van der Waals surface area contributed by atoms with Gasteiger partial charge in [-0.3, -0.25) is 0 Å². The van der Waals surface area contributed by atoms with Crippen LogP contribution in [0.1, 0.15) is 5.56 Å². The minimum atomic E-state index is 0.695. The first kappa shape index (κ1) is 14.2. The third-order valence-corrected chi connectivity index (χ3v) is 3.79. The maximum absolute atomic E-state index is 5.83. The summed E-state index contributed by atoms with van der Waals surface area (Å²) in [4.78, 5) is 8.72. The molecule has 0 fully saturated rings. The molecule has 0 radical (unpaired) electrons. The molecule has 2 aromatic heterocycles. The van der Waals surface area contributed by atoms with Gasteiger partial charge in [0.15, 0.2) is 5.65 Å². The highest BCUT2D eigenvalue weighted by atomic mass is 15.3. The summed E-state index contributed by atoms with van der Waals surface area (Å²) in [5, 5.41) is 8.59. The summed E-state index contributed by atoms with van der Waals surface area (Å²) < 4.78 is 1.81. The molecule has 4 aromatic rings. The molecule has 0 spiro atoms. The fourth-order valence-corrected chi connectivity index (χ4v) is 2.57. The van der Waals surface area contributed by atoms with Gasteiger partial charge in [0.2, 0.25) is 0 Å². The van der Waals surface area contributed by atoms with Gasteiger partial charge in [-0.2, -0.15) is 5.10 Å². The van der Waals surface area contributed by atoms with E-state index in [2.05, 4.69) is 39.4 Å². The summed E-state index contributed by atoms with van der Waals surface area (Å²) in [5.41, 5.74) is 10.3. The Labute approximate surface area is 139 Å². The molecule has 0 aliphatic heterocycles. The Morgan fingerprint density at radius 1 is 1.04 bits per heavy atom. The molecule has 3 N–H and O–H groups in total. The number of hydrogen-bond donors (Lipinski definition) is 2. The van der Waals surface area contributed by atoms with E-state index in [4.69, 9.17) is 5.73 Å². The lowest BCUT2D eigenvalue weighted by Gasteiger charge is -2.07. The van der Waals surface area contributed by atoms with Crippen LogP contribution in [0.3, 0.4) is 0 Å². The molecule has 0 bridgehead atoms. The summed E-state index contributed by atoms with van der Waals surface area (Å²) in [5.74, 6) is 0.698. The summed E-state index contributed by atoms with van der Waals surface area (Å²) in [6.07, 6.45) is 3.30. The van der Waals surface area contributed by atoms with Crippen molar-refractivity contribution in [1.82, 2.24) is 19.7 Å². The molecule has 0 amide bonds. The smallest absolute Gasteiger partial charge is 0.168 e. The van der Waals surface area contributed by atoms with Gasteiger partial charge in [-0.05, 0) is 37.3 Å². The zero-order valence-electron chi connectivity index (χ0n) is 13.1. The van der Waals surface area contributed by atoms with Crippen LogP contribution >= 0.6 is 0 Å². The Kier molecular flexibility index (Phi) is 3.35. The minimum absolute atomic E-state index is 0.695. The maximum atomic E-state index is 5.83. The van der Waals surface area contributed by atoms with Crippen LogP contribution in [0.15, 0.2) is 61.1 Å². The number of nitrogens with one attached hydrogen (secondary N) is 1. The third kappa shape index (κ3) is 2.54. The number of nitrogens with zero attached hydrogens (tertiary/aromatic N) is 4. The van der Waals surface area contributed by atoms with Crippen LogP contribution in [-0.2, 0) is 0 Å². The quantitative estimate of drug-likeness (QED) is 0.566. The molecule has 0 atom stereocenters. The SMILES string of the molecule is Cc1ccc(-n2ncc3c(Nc4cccc(N)c4)ncnc32)cc1. The largest absolute Gasteiger partial charge is 0.399 e. The van der Waals surface area contributed by atoms with Gasteiger partial charge in [-0.15, -0.1) is 0 Å². The molecule has 118 valence electrons. The van der Waals surface area contributed by atoms with Crippen LogP contribution in [0.2, 0.25) is 0 Å². The lowest BCUT2D eigenvalue weighted by atomic mass is 10.2. The maximum Gasteiger partial charge on any atom is 0.168 e. The van der Waals surface area contributed by atoms with E-state index in [0.717, 1.165) is 22.4 Å². The number of nitrogens with two attached hydrogens (primary N) is 1. The highest BCUT2D eigenvalue weighted by molar-refractivity contribution is 5.89. The van der Waals surface area contributed by atoms with E-state index in [1.165, 1.54) is 11.9 Å². The Hall–Kier alpha value is -3.41. The second kappa shape index (κ2) is 5.66. The van der Waals surface area contributed by atoms with Crippen molar-refractivity contribution in [1.29, 1.82) is 0 Å². The fourth-order valence-electron chi connectivity index (χ4n) is 2.57. The lowest BCUT2D eigenvalue weighted by Crippen LogP contribution is -1.99. The zero-order valence-corrected chi connectivity index (χ0v) is 13.1. The summed E-state index contributed by atoms with van der Waals surface area (Å²) in [6, 6.07) is 15.7. The van der Waals surface area contributed by atoms with Gasteiger partial charge >= 0.3 is 0 Å². The predicted octanol–water partition coefficient (Wildman–Crippen LogP) is 3.45. The van der Waals surface area contributed by atoms with E-state index >= 15 is 0 Å². The molecule has 24 heavy (non-hydrogen) atoms. The van der Waals surface area contributed by atoms with Gasteiger partial charge in [0.25, 0.3) is 0 Å². The van der Waals surface area contributed by atoms with E-state index < -0.39 is 0 Å². The number of anilines is 3. The van der Waals surface area contributed by atoms with Crippen LogP contribution in [0.4, 0.5) is 17.2 Å². The van der Waals surface area contributed by atoms with Crippen molar-refractivity contribution in [2.24, 2.45) is 0 Å². The number of rotatable bonds is 3. The topological polar surface area (TPSA) is 81.7 Å². The van der Waals surface area contributed by atoms with Crippen molar-refractivity contribution in [3.05, 3.63) is 66.6 Å². The van der Waals surface area contributed by atoms with Gasteiger partial charge in [-0.1, -0.05) is 23.8 Å². The molecule has 6 nitrogen and oxygen atoms in total. The normalized spacial score (nSPS) is 10.9. The highest BCUT2D eigenvalue weighted by Gasteiger charge is 2.11. The summed E-state index contributed by atoms with van der Waals surface area (Å²) in [6.45, 7) is 2.06. The van der Waals surface area contributed by atoms with Crippen molar-refractivity contribution < 1.29 is 0 Å². The van der Waals surface area contributed by atoms with E-state index in [1.54, 1.807) is 10.9 Å². The predicted molar refractivity (Wildman–Crippen MR) is 95.5 cm³/mol. The summed E-state index contributed by atoms with van der Waals surface area (Å²) >= 11 is 0. The fraction of sp³-hybridized carbons (Fsp3) is 0.0556. The average molecular weight is 316 g/mol. The molecule has 0 saturated heterocycles. The van der Waals surface area contributed by atoms with E-state index in [1.807, 2.05) is 36.4 Å². The Morgan fingerprint density at radius 3 is 2.67 bits per heavy atom. The van der Waals surface area contributed by atoms with Crippen LogP contribution in [0.5, 0.6) is 0 Å². The van der Waals surface area contributed by atoms with E-state index in [0.29, 0.717) is 11.5 Å². The molecule has 0 aliphatic carbocycles. The summed E-state index contributed by atoms with van der Waals surface area (Å²) in [7, 11) is 0.